The van der Waals surface area contributed by atoms with Crippen LogP contribution in [0.2, 0.25) is 0 Å². The number of tetrazole rings is 1. The van der Waals surface area contributed by atoms with Gasteiger partial charge < -0.3 is 15.4 Å². The number of amides is 1. The molecule has 31 heavy (non-hydrogen) atoms. The summed E-state index contributed by atoms with van der Waals surface area (Å²) < 4.78 is 7.46. The third kappa shape index (κ3) is 4.58. The van der Waals surface area contributed by atoms with Gasteiger partial charge in [0.25, 0.3) is 5.91 Å². The van der Waals surface area contributed by atoms with Crippen LogP contribution in [0.3, 0.4) is 0 Å². The fourth-order valence-electron chi connectivity index (χ4n) is 3.49. The van der Waals surface area contributed by atoms with E-state index in [1.807, 2.05) is 61.5 Å². The Morgan fingerprint density at radius 3 is 2.61 bits per heavy atom. The number of anilines is 2. The van der Waals surface area contributed by atoms with Crippen LogP contribution in [-0.2, 0) is 4.79 Å². The Labute approximate surface area is 181 Å². The van der Waals surface area contributed by atoms with E-state index in [2.05, 4.69) is 40.0 Å². The van der Waals surface area contributed by atoms with Crippen LogP contribution in [0.4, 0.5) is 11.6 Å². The van der Waals surface area contributed by atoms with Crippen LogP contribution in [0, 0.1) is 5.92 Å². The van der Waals surface area contributed by atoms with Gasteiger partial charge in [0.2, 0.25) is 5.95 Å². The molecule has 3 aromatic rings. The van der Waals surface area contributed by atoms with Crippen LogP contribution < -0.4 is 15.4 Å². The summed E-state index contributed by atoms with van der Waals surface area (Å²) in [4.78, 5) is 13.2. The maximum Gasteiger partial charge on any atom is 0.255 e. The molecule has 0 radical (unpaired) electrons. The summed E-state index contributed by atoms with van der Waals surface area (Å²) in [6.07, 6.45) is 0.996. The summed E-state index contributed by atoms with van der Waals surface area (Å²) in [7, 11) is 0. The Kier molecular flexibility index (Phi) is 5.97. The Bertz CT molecular complexity index is 1070. The van der Waals surface area contributed by atoms with Crippen molar-refractivity contribution in [1.29, 1.82) is 0 Å². The number of allylic oxidation sites excluding steroid dienone is 1. The van der Waals surface area contributed by atoms with Crippen molar-refractivity contribution in [1.82, 2.24) is 20.2 Å². The lowest BCUT2D eigenvalue weighted by atomic mass is 9.95. The average molecular weight is 419 g/mol. The van der Waals surface area contributed by atoms with Gasteiger partial charge in [0.05, 0.1) is 12.2 Å². The number of ether oxygens (including phenoxy) is 1. The lowest BCUT2D eigenvalue weighted by molar-refractivity contribution is -0.113. The molecule has 4 rings (SSSR count). The highest BCUT2D eigenvalue weighted by atomic mass is 16.5. The van der Waals surface area contributed by atoms with E-state index in [9.17, 15) is 4.79 Å². The fourth-order valence-corrected chi connectivity index (χ4v) is 3.49. The first-order valence-electron chi connectivity index (χ1n) is 10.4. The molecule has 8 nitrogen and oxygen atoms in total. The second kappa shape index (κ2) is 8.99. The first-order chi connectivity index (χ1) is 15.0. The van der Waals surface area contributed by atoms with E-state index in [0.717, 1.165) is 23.4 Å². The van der Waals surface area contributed by atoms with Crippen LogP contribution >= 0.6 is 0 Å². The maximum atomic E-state index is 13.2. The minimum Gasteiger partial charge on any atom is -0.494 e. The monoisotopic (exact) mass is 418 g/mol. The zero-order valence-electron chi connectivity index (χ0n) is 17.9. The van der Waals surface area contributed by atoms with Crippen molar-refractivity contribution >= 4 is 17.5 Å². The Morgan fingerprint density at radius 2 is 1.90 bits per heavy atom. The van der Waals surface area contributed by atoms with Crippen molar-refractivity contribution in [3.8, 4) is 5.75 Å². The molecule has 2 aromatic carbocycles. The lowest BCUT2D eigenvalue weighted by Crippen LogP contribution is -2.31. The van der Waals surface area contributed by atoms with E-state index in [1.54, 1.807) is 4.68 Å². The van der Waals surface area contributed by atoms with E-state index in [-0.39, 0.29) is 5.91 Å². The number of fused-ring (bicyclic) bond motifs is 1. The molecule has 1 atom stereocenters. The number of nitrogens with zero attached hydrogens (tertiary/aromatic N) is 4. The molecule has 1 aromatic heterocycles. The second-order valence-electron chi connectivity index (χ2n) is 7.93. The number of carbonyl (C=O) groups excluding carboxylic acids is 1. The van der Waals surface area contributed by atoms with Gasteiger partial charge in [-0.15, -0.1) is 0 Å². The highest BCUT2D eigenvalue weighted by Crippen LogP contribution is 2.35. The molecule has 160 valence electrons. The van der Waals surface area contributed by atoms with Gasteiger partial charge in [0.1, 0.15) is 11.8 Å². The van der Waals surface area contributed by atoms with Gasteiger partial charge in [-0.1, -0.05) is 49.3 Å². The van der Waals surface area contributed by atoms with Crippen LogP contribution in [0.25, 0.3) is 0 Å². The summed E-state index contributed by atoms with van der Waals surface area (Å²) in [6.45, 7) is 6.87. The van der Waals surface area contributed by atoms with Gasteiger partial charge in [-0.05, 0) is 59.5 Å². The van der Waals surface area contributed by atoms with Gasteiger partial charge in [0, 0.05) is 11.4 Å². The van der Waals surface area contributed by atoms with Crippen molar-refractivity contribution in [2.75, 3.05) is 17.2 Å². The predicted octanol–water partition coefficient (Wildman–Crippen LogP) is 4.03. The topological polar surface area (TPSA) is 94.0 Å². The molecule has 1 aliphatic heterocycles. The zero-order valence-corrected chi connectivity index (χ0v) is 17.9. The largest absolute Gasteiger partial charge is 0.494 e. The molecular weight excluding hydrogens is 392 g/mol. The molecule has 0 spiro atoms. The standard InChI is InChI=1S/C23H26N6O2/c1-15(2)13-14-31-19-11-9-17(10-12-19)21-20(16(3)24-23-26-27-28-29(21)23)22(30)25-18-7-5-4-6-8-18/h4-12,15,21H,13-14H2,1-3H3,(H,25,30)(H,24,26,28). The molecule has 1 unspecified atom stereocenters. The predicted molar refractivity (Wildman–Crippen MR) is 119 cm³/mol. The molecule has 2 N–H and O–H groups in total. The minimum absolute atomic E-state index is 0.209. The summed E-state index contributed by atoms with van der Waals surface area (Å²) in [6, 6.07) is 16.7. The number of para-hydroxylation sites is 1. The highest BCUT2D eigenvalue weighted by Gasteiger charge is 2.34. The molecular formula is C23H26N6O2. The Morgan fingerprint density at radius 1 is 1.16 bits per heavy atom. The second-order valence-corrected chi connectivity index (χ2v) is 7.93. The van der Waals surface area contributed by atoms with Gasteiger partial charge in [-0.3, -0.25) is 4.79 Å². The third-order valence-corrected chi connectivity index (χ3v) is 5.15. The van der Waals surface area contributed by atoms with Crippen molar-refractivity contribution in [3.63, 3.8) is 0 Å². The molecule has 0 aliphatic carbocycles. The van der Waals surface area contributed by atoms with Crippen molar-refractivity contribution in [2.24, 2.45) is 5.92 Å². The van der Waals surface area contributed by atoms with E-state index < -0.39 is 6.04 Å². The third-order valence-electron chi connectivity index (χ3n) is 5.15. The first kappa shape index (κ1) is 20.6. The van der Waals surface area contributed by atoms with Crippen LogP contribution in [0.15, 0.2) is 65.9 Å². The Balaban J connectivity index is 1.62. The first-order valence-corrected chi connectivity index (χ1v) is 10.4. The van der Waals surface area contributed by atoms with E-state index >= 15 is 0 Å². The number of hydrogen-bond donors (Lipinski definition) is 2. The fraction of sp³-hybridized carbons (Fsp3) is 0.304. The Hall–Kier alpha value is -3.68. The van der Waals surface area contributed by atoms with E-state index in [0.29, 0.717) is 29.7 Å². The summed E-state index contributed by atoms with van der Waals surface area (Å²) >= 11 is 0. The number of carbonyl (C=O) groups is 1. The zero-order chi connectivity index (χ0) is 21.8. The number of nitrogens with one attached hydrogen (secondary N) is 2. The summed E-state index contributed by atoms with van der Waals surface area (Å²) in [5, 5.41) is 18.0. The van der Waals surface area contributed by atoms with Crippen LogP contribution in [0.1, 0.15) is 38.8 Å². The smallest absolute Gasteiger partial charge is 0.255 e. The molecule has 0 bridgehead atoms. The summed E-state index contributed by atoms with van der Waals surface area (Å²) in [5.74, 6) is 1.67. The average Bonchev–Trinajstić information content (AvgIpc) is 3.22. The number of hydrogen-bond acceptors (Lipinski definition) is 6. The SMILES string of the molecule is CC1=C(C(=O)Nc2ccccc2)C(c2ccc(OCCC(C)C)cc2)n2nnnc2N1. The molecule has 0 saturated carbocycles. The molecule has 1 aliphatic rings. The number of aromatic nitrogens is 4. The van der Waals surface area contributed by atoms with Gasteiger partial charge in [-0.2, -0.15) is 4.68 Å². The van der Waals surface area contributed by atoms with Crippen molar-refractivity contribution in [3.05, 3.63) is 71.4 Å². The lowest BCUT2D eigenvalue weighted by Gasteiger charge is -2.28. The van der Waals surface area contributed by atoms with Gasteiger partial charge in [0.15, 0.2) is 0 Å². The molecule has 8 heteroatoms. The molecule has 1 amide bonds. The van der Waals surface area contributed by atoms with E-state index in [4.69, 9.17) is 4.74 Å². The molecule has 0 fully saturated rings. The maximum absolute atomic E-state index is 13.2. The van der Waals surface area contributed by atoms with E-state index in [1.165, 1.54) is 0 Å². The normalized spacial score (nSPS) is 15.4. The molecule has 2 heterocycles. The molecule has 0 saturated heterocycles. The quantitative estimate of drug-likeness (QED) is 0.602. The van der Waals surface area contributed by atoms with Gasteiger partial charge in [-0.25, -0.2) is 0 Å². The summed E-state index contributed by atoms with van der Waals surface area (Å²) in [5.41, 5.74) is 2.88. The van der Waals surface area contributed by atoms with Crippen molar-refractivity contribution in [2.45, 2.75) is 33.2 Å². The van der Waals surface area contributed by atoms with Crippen LogP contribution in [0.5, 0.6) is 5.75 Å². The number of benzene rings is 2. The minimum atomic E-state index is -0.459. The van der Waals surface area contributed by atoms with Crippen molar-refractivity contribution < 1.29 is 9.53 Å². The van der Waals surface area contributed by atoms with Gasteiger partial charge >= 0.3 is 0 Å². The highest BCUT2D eigenvalue weighted by molar-refractivity contribution is 6.06. The van der Waals surface area contributed by atoms with Crippen LogP contribution in [-0.4, -0.2) is 32.7 Å². The number of rotatable bonds is 7.